The van der Waals surface area contributed by atoms with E-state index in [4.69, 9.17) is 15.1 Å². The summed E-state index contributed by atoms with van der Waals surface area (Å²) in [5.74, 6) is -1.66. The molecule has 2 aliphatic rings. The van der Waals surface area contributed by atoms with Gasteiger partial charge in [-0.05, 0) is 38.2 Å². The number of aryl methyl sites for hydroxylation is 1. The Hall–Kier alpha value is -2.79. The molecule has 2 aliphatic heterocycles. The number of hydrogen-bond acceptors (Lipinski definition) is 7. The number of hydrogen-bond donors (Lipinski definition) is 4. The van der Waals surface area contributed by atoms with Crippen LogP contribution in [0.5, 0.6) is 11.5 Å². The number of carbonyl (C=O) groups is 3. The van der Waals surface area contributed by atoms with Gasteiger partial charge in [0.25, 0.3) is 0 Å². The molecule has 1 aromatic rings. The van der Waals surface area contributed by atoms with Crippen LogP contribution in [0, 0.1) is 0 Å². The van der Waals surface area contributed by atoms with Crippen LogP contribution in [-0.4, -0.2) is 71.2 Å². The van der Waals surface area contributed by atoms with Crippen molar-refractivity contribution in [2.75, 3.05) is 13.1 Å². The molecule has 0 aromatic heterocycles. The quantitative estimate of drug-likeness (QED) is 0.451. The third-order valence-corrected chi connectivity index (χ3v) is 4.93. The van der Waals surface area contributed by atoms with Crippen molar-refractivity contribution in [3.05, 3.63) is 23.3 Å². The van der Waals surface area contributed by atoms with Crippen LogP contribution in [-0.2, 0) is 16.0 Å². The fourth-order valence-electron chi connectivity index (χ4n) is 3.27. The van der Waals surface area contributed by atoms with Gasteiger partial charge in [0.15, 0.2) is 0 Å². The average Bonchev–Trinajstić information content (AvgIpc) is 2.62. The highest BCUT2D eigenvalue weighted by Gasteiger charge is 2.37. The second-order valence-electron chi connectivity index (χ2n) is 7.35. The summed E-state index contributed by atoms with van der Waals surface area (Å²) in [6.07, 6.45) is 0.511. The van der Waals surface area contributed by atoms with E-state index in [0.29, 0.717) is 18.3 Å². The summed E-state index contributed by atoms with van der Waals surface area (Å²) in [6.45, 7) is 3.63. The predicted octanol–water partition coefficient (Wildman–Crippen LogP) is -0.758. The van der Waals surface area contributed by atoms with E-state index in [1.54, 1.807) is 19.1 Å². The maximum absolute atomic E-state index is 12.4. The van der Waals surface area contributed by atoms with Crippen molar-refractivity contribution < 1.29 is 33.9 Å². The number of benzene rings is 1. The summed E-state index contributed by atoms with van der Waals surface area (Å²) in [4.78, 5) is 37.2. The Labute approximate surface area is 168 Å². The number of nitrogens with one attached hydrogen (secondary N) is 1. The predicted molar refractivity (Wildman–Crippen MR) is 103 cm³/mol. The van der Waals surface area contributed by atoms with Crippen LogP contribution in [0.25, 0.3) is 0 Å². The lowest BCUT2D eigenvalue weighted by Crippen LogP contribution is -2.61. The number of fused-ring (bicyclic) bond motifs is 1. The van der Waals surface area contributed by atoms with E-state index in [0.717, 1.165) is 0 Å². The number of aromatic carboxylic acids is 1. The second-order valence-corrected chi connectivity index (χ2v) is 7.35. The van der Waals surface area contributed by atoms with Gasteiger partial charge in [-0.1, -0.05) is 6.07 Å². The molecule has 11 heteroatoms. The molecule has 1 fully saturated rings. The van der Waals surface area contributed by atoms with Crippen molar-refractivity contribution in [2.45, 2.75) is 44.8 Å². The van der Waals surface area contributed by atoms with Crippen molar-refractivity contribution in [1.82, 2.24) is 10.2 Å². The molecule has 2 atom stereocenters. The smallest absolute Gasteiger partial charge is 0.522 e. The fraction of sp³-hybridized carbons (Fsp3) is 0.500. The Bertz CT molecular complexity index is 826. The van der Waals surface area contributed by atoms with Crippen LogP contribution >= 0.6 is 0 Å². The van der Waals surface area contributed by atoms with Gasteiger partial charge in [-0.15, -0.1) is 0 Å². The van der Waals surface area contributed by atoms with Crippen LogP contribution in [0.1, 0.15) is 29.8 Å². The van der Waals surface area contributed by atoms with Crippen LogP contribution < -0.4 is 20.4 Å². The number of rotatable bonds is 6. The topological polar surface area (TPSA) is 151 Å². The normalized spacial score (nSPS) is 18.1. The summed E-state index contributed by atoms with van der Waals surface area (Å²) >= 11 is 0. The minimum atomic E-state index is -1.22. The van der Waals surface area contributed by atoms with Gasteiger partial charge in [-0.25, -0.2) is 4.79 Å². The third kappa shape index (κ3) is 4.46. The molecule has 1 aromatic carbocycles. The molecule has 1 saturated heterocycles. The monoisotopic (exact) mass is 405 g/mol. The Morgan fingerprint density at radius 1 is 1.34 bits per heavy atom. The summed E-state index contributed by atoms with van der Waals surface area (Å²) < 4.78 is 11.1. The number of carboxylic acid groups (broad SMARTS) is 1. The first kappa shape index (κ1) is 20.9. The Morgan fingerprint density at radius 2 is 2.03 bits per heavy atom. The number of carboxylic acids is 1. The molecule has 29 heavy (non-hydrogen) atoms. The van der Waals surface area contributed by atoms with Crippen molar-refractivity contribution in [1.29, 1.82) is 0 Å². The highest BCUT2D eigenvalue weighted by molar-refractivity contribution is 6.44. The zero-order valence-electron chi connectivity index (χ0n) is 16.3. The zero-order chi connectivity index (χ0) is 21.3. The number of amides is 2. The second kappa shape index (κ2) is 8.30. The molecule has 0 spiro atoms. The molecular formula is C18H24BN3O7. The van der Waals surface area contributed by atoms with E-state index < -0.39 is 31.1 Å². The van der Waals surface area contributed by atoms with Gasteiger partial charge in [0.1, 0.15) is 29.2 Å². The van der Waals surface area contributed by atoms with E-state index in [-0.39, 0.29) is 42.2 Å². The first-order chi connectivity index (χ1) is 13.7. The lowest BCUT2D eigenvalue weighted by Gasteiger charge is -2.40. The van der Waals surface area contributed by atoms with Crippen molar-refractivity contribution in [2.24, 2.45) is 5.73 Å². The van der Waals surface area contributed by atoms with E-state index in [1.807, 2.05) is 0 Å². The minimum absolute atomic E-state index is 0.119. The lowest BCUT2D eigenvalue weighted by atomic mass is 9.78. The Balaban J connectivity index is 1.63. The largest absolute Gasteiger partial charge is 0.535 e. The van der Waals surface area contributed by atoms with Crippen molar-refractivity contribution in [3.63, 3.8) is 0 Å². The van der Waals surface area contributed by atoms with Crippen molar-refractivity contribution >= 4 is 24.9 Å². The summed E-state index contributed by atoms with van der Waals surface area (Å²) in [7, 11) is -1.05. The number of ether oxygens (including phenoxy) is 1. The first-order valence-corrected chi connectivity index (χ1v) is 9.42. The highest BCUT2D eigenvalue weighted by Crippen LogP contribution is 2.37. The number of likely N-dealkylation sites (tertiary alicyclic amines) is 1. The Kier molecular flexibility index (Phi) is 5.99. The van der Waals surface area contributed by atoms with Gasteiger partial charge in [0.2, 0.25) is 11.8 Å². The molecule has 2 heterocycles. The molecule has 0 bridgehead atoms. The SMILES string of the molecule is C[C@H](N)C(=O)N[C@@H](C)C(=O)N1CC(Oc2ccc3c(c2C(=O)O)OB(O)CC3)C1. The highest BCUT2D eigenvalue weighted by atomic mass is 16.5. The maximum atomic E-state index is 12.4. The molecule has 0 unspecified atom stereocenters. The van der Waals surface area contributed by atoms with Crippen molar-refractivity contribution in [3.8, 4) is 11.5 Å². The van der Waals surface area contributed by atoms with Gasteiger partial charge in [0, 0.05) is 0 Å². The molecule has 2 amide bonds. The summed E-state index contributed by atoms with van der Waals surface area (Å²) in [5, 5.41) is 21.8. The molecule has 10 nitrogen and oxygen atoms in total. The molecule has 0 aliphatic carbocycles. The molecule has 0 radical (unpaired) electrons. The maximum Gasteiger partial charge on any atom is 0.522 e. The van der Waals surface area contributed by atoms with E-state index in [2.05, 4.69) is 5.32 Å². The van der Waals surface area contributed by atoms with Gasteiger partial charge in [-0.2, -0.15) is 0 Å². The summed E-state index contributed by atoms with van der Waals surface area (Å²) in [6, 6.07) is 1.86. The van der Waals surface area contributed by atoms with Gasteiger partial charge < -0.3 is 35.5 Å². The van der Waals surface area contributed by atoms with Gasteiger partial charge in [0.05, 0.1) is 19.1 Å². The van der Waals surface area contributed by atoms with Gasteiger partial charge >= 0.3 is 13.1 Å². The first-order valence-electron chi connectivity index (χ1n) is 9.42. The molecular weight excluding hydrogens is 381 g/mol. The van der Waals surface area contributed by atoms with Gasteiger partial charge in [-0.3, -0.25) is 9.59 Å². The molecule has 3 rings (SSSR count). The standard InChI is InChI=1S/C18H24BN3O7/c1-9(20)16(23)21-10(2)17(24)22-7-12(8-22)28-13-4-3-11-5-6-19(27)29-15(11)14(13)18(25)26/h3-4,9-10,12,27H,5-8,20H2,1-2H3,(H,21,23)(H,25,26)/t9-,10-/m0/s1. The van der Waals surface area contributed by atoms with E-state index in [9.17, 15) is 24.5 Å². The fourth-order valence-corrected chi connectivity index (χ4v) is 3.27. The van der Waals surface area contributed by atoms with E-state index in [1.165, 1.54) is 11.8 Å². The summed E-state index contributed by atoms with van der Waals surface area (Å²) in [5.41, 5.74) is 6.04. The molecule has 156 valence electrons. The zero-order valence-corrected chi connectivity index (χ0v) is 16.3. The Morgan fingerprint density at radius 3 is 2.66 bits per heavy atom. The van der Waals surface area contributed by atoms with Crippen LogP contribution in [0.4, 0.5) is 0 Å². The third-order valence-electron chi connectivity index (χ3n) is 4.93. The minimum Gasteiger partial charge on any atom is -0.535 e. The number of nitrogens with two attached hydrogens (primary N) is 1. The number of carbonyl (C=O) groups excluding carboxylic acids is 2. The van der Waals surface area contributed by atoms with Crippen LogP contribution in [0.2, 0.25) is 6.32 Å². The molecule has 0 saturated carbocycles. The van der Waals surface area contributed by atoms with E-state index >= 15 is 0 Å². The average molecular weight is 405 g/mol. The lowest BCUT2D eigenvalue weighted by molar-refractivity contribution is -0.143. The van der Waals surface area contributed by atoms with Crippen LogP contribution in [0.15, 0.2) is 12.1 Å². The molecule has 5 N–H and O–H groups in total. The van der Waals surface area contributed by atoms with Crippen LogP contribution in [0.3, 0.4) is 0 Å². The number of nitrogens with zero attached hydrogens (tertiary/aromatic N) is 1.